The molecule has 36 heavy (non-hydrogen) atoms. The lowest BCUT2D eigenvalue weighted by molar-refractivity contribution is -0.0328. The smallest absolute Gasteiger partial charge is 0.446 e. The molecule has 0 spiro atoms. The van der Waals surface area contributed by atoms with E-state index < -0.39 is 17.1 Å². The zero-order valence-corrected chi connectivity index (χ0v) is 21.1. The summed E-state index contributed by atoms with van der Waals surface area (Å²) in [5.41, 5.74) is -4.34. The second-order valence-corrected chi connectivity index (χ2v) is 11.9. The van der Waals surface area contributed by atoms with Crippen molar-refractivity contribution < 1.29 is 22.7 Å². The van der Waals surface area contributed by atoms with E-state index in [-0.39, 0.29) is 27.1 Å². The number of thiophene rings is 1. The number of thioether (sulfide) groups is 1. The molecule has 5 rings (SSSR count). The van der Waals surface area contributed by atoms with Gasteiger partial charge in [0.05, 0.1) is 5.56 Å². The normalized spacial score (nSPS) is 12.2. The van der Waals surface area contributed by atoms with E-state index in [4.69, 9.17) is 4.74 Å². The molecule has 0 aliphatic heterocycles. The number of fused-ring (bicyclic) bond motifs is 3. The van der Waals surface area contributed by atoms with Gasteiger partial charge in [0.15, 0.2) is 14.3 Å². The number of carbonyl (C=O) groups is 1. The number of ether oxygens (including phenoxy) is 1. The van der Waals surface area contributed by atoms with Gasteiger partial charge in [-0.1, -0.05) is 42.5 Å². The lowest BCUT2D eigenvalue weighted by Crippen LogP contribution is -2.25. The van der Waals surface area contributed by atoms with E-state index in [9.17, 15) is 18.0 Å². The second-order valence-electron chi connectivity index (χ2n) is 8.80. The third-order valence-electron chi connectivity index (χ3n) is 5.94. The summed E-state index contributed by atoms with van der Waals surface area (Å²) in [6.45, 7) is 3.46. The van der Waals surface area contributed by atoms with Gasteiger partial charge < -0.3 is 4.74 Å². The summed E-state index contributed by atoms with van der Waals surface area (Å²) < 4.78 is 46.2. The molecule has 5 aromatic rings. The molecule has 7 heteroatoms. The summed E-state index contributed by atoms with van der Waals surface area (Å²) in [4.78, 5) is 14.3. The number of rotatable bonds is 5. The molecule has 0 fully saturated rings. The Bertz CT molecular complexity index is 1510. The summed E-state index contributed by atoms with van der Waals surface area (Å²) >= 11 is -0.172. The van der Waals surface area contributed by atoms with Crippen molar-refractivity contribution in [1.29, 1.82) is 0 Å². The van der Waals surface area contributed by atoms with Crippen LogP contribution in [-0.4, -0.2) is 11.5 Å². The minimum absolute atomic E-state index is 0.0826. The van der Waals surface area contributed by atoms with E-state index in [0.29, 0.717) is 11.1 Å². The largest absolute Gasteiger partial charge is 0.451 e. The van der Waals surface area contributed by atoms with E-state index in [1.54, 1.807) is 32.0 Å². The Kier molecular flexibility index (Phi) is 6.30. The second kappa shape index (κ2) is 9.30. The first-order valence-corrected chi connectivity index (χ1v) is 13.3. The number of alkyl halides is 3. The summed E-state index contributed by atoms with van der Waals surface area (Å²) in [6, 6.07) is 30.0. The van der Waals surface area contributed by atoms with Crippen molar-refractivity contribution in [2.45, 2.75) is 29.9 Å². The van der Waals surface area contributed by atoms with Gasteiger partial charge in [0.2, 0.25) is 0 Å². The van der Waals surface area contributed by atoms with E-state index in [1.165, 1.54) is 32.3 Å². The van der Waals surface area contributed by atoms with Crippen molar-refractivity contribution in [3.05, 3.63) is 108 Å². The molecule has 4 aromatic carbocycles. The van der Waals surface area contributed by atoms with E-state index in [1.807, 2.05) is 42.5 Å². The Hall–Kier alpha value is -3.29. The SMILES string of the molecule is CC(C)(OC(=O)c1cccc(-[s+]2c3ccccc3c3ccccc32)c1)c1ccc(SC(F)(F)F)cc1. The first-order chi connectivity index (χ1) is 17.1. The molecule has 0 radical (unpaired) electrons. The third-order valence-corrected chi connectivity index (χ3v) is 9.00. The molecule has 0 N–H and O–H groups in total. The lowest BCUT2D eigenvalue weighted by atomic mass is 9.98. The van der Waals surface area contributed by atoms with Crippen LogP contribution in [0.5, 0.6) is 0 Å². The molecule has 0 bridgehead atoms. The number of halogens is 3. The van der Waals surface area contributed by atoms with Crippen LogP contribution in [0.2, 0.25) is 0 Å². The Morgan fingerprint density at radius 2 is 1.36 bits per heavy atom. The first kappa shape index (κ1) is 24.4. The van der Waals surface area contributed by atoms with E-state index in [2.05, 4.69) is 24.3 Å². The van der Waals surface area contributed by atoms with Crippen molar-refractivity contribution in [3.8, 4) is 4.90 Å². The monoisotopic (exact) mass is 523 g/mol. The highest BCUT2D eigenvalue weighted by molar-refractivity contribution is 8.00. The van der Waals surface area contributed by atoms with Crippen molar-refractivity contribution in [1.82, 2.24) is 0 Å². The minimum Gasteiger partial charge on any atom is -0.451 e. The highest BCUT2D eigenvalue weighted by Crippen LogP contribution is 2.48. The van der Waals surface area contributed by atoms with Gasteiger partial charge in [-0.25, -0.2) is 4.79 Å². The minimum atomic E-state index is -4.35. The van der Waals surface area contributed by atoms with Gasteiger partial charge >= 0.3 is 11.5 Å². The fourth-order valence-corrected chi connectivity index (χ4v) is 7.23. The molecule has 1 heterocycles. The van der Waals surface area contributed by atoms with Crippen molar-refractivity contribution in [3.63, 3.8) is 0 Å². The molecule has 0 unspecified atom stereocenters. The number of hydrogen-bond donors (Lipinski definition) is 0. The summed E-state index contributed by atoms with van der Waals surface area (Å²) in [5, 5.41) is 2.41. The van der Waals surface area contributed by atoms with Gasteiger partial charge in [0.1, 0.15) is 5.60 Å². The van der Waals surface area contributed by atoms with Crippen LogP contribution in [0.3, 0.4) is 0 Å². The zero-order valence-electron chi connectivity index (χ0n) is 19.5. The Labute approximate surface area is 213 Å². The van der Waals surface area contributed by atoms with Gasteiger partial charge in [-0.3, -0.25) is 0 Å². The van der Waals surface area contributed by atoms with Crippen LogP contribution in [0.4, 0.5) is 13.2 Å². The van der Waals surface area contributed by atoms with Crippen molar-refractivity contribution in [2.24, 2.45) is 0 Å². The van der Waals surface area contributed by atoms with Crippen LogP contribution in [0.25, 0.3) is 25.1 Å². The van der Waals surface area contributed by atoms with Crippen molar-refractivity contribution >= 4 is 48.4 Å². The molecular formula is C29H22F3O2S2+. The summed E-state index contributed by atoms with van der Waals surface area (Å²) in [7, 11) is -0.340. The highest BCUT2D eigenvalue weighted by atomic mass is 32.2. The molecule has 0 aliphatic rings. The van der Waals surface area contributed by atoms with Crippen LogP contribution in [0, 0.1) is 0 Å². The van der Waals surface area contributed by atoms with Crippen LogP contribution < -0.4 is 0 Å². The van der Waals surface area contributed by atoms with Gasteiger partial charge in [0.25, 0.3) is 0 Å². The number of benzene rings is 4. The van der Waals surface area contributed by atoms with Crippen LogP contribution in [0.15, 0.2) is 102 Å². The predicted molar refractivity (Wildman–Crippen MR) is 142 cm³/mol. The summed E-state index contributed by atoms with van der Waals surface area (Å²) in [5.74, 6) is -0.486. The Balaban J connectivity index is 1.44. The third kappa shape index (κ3) is 4.86. The maximum absolute atomic E-state index is 13.2. The first-order valence-electron chi connectivity index (χ1n) is 11.2. The fourth-order valence-electron chi connectivity index (χ4n) is 4.26. The van der Waals surface area contributed by atoms with Gasteiger partial charge in [-0.15, -0.1) is 0 Å². The molecule has 0 aliphatic carbocycles. The quantitative estimate of drug-likeness (QED) is 0.130. The average Bonchev–Trinajstić information content (AvgIpc) is 3.18. The Morgan fingerprint density at radius 1 is 0.778 bits per heavy atom. The van der Waals surface area contributed by atoms with Crippen LogP contribution in [0.1, 0.15) is 29.8 Å². The molecule has 0 saturated heterocycles. The topological polar surface area (TPSA) is 26.3 Å². The number of esters is 1. The standard InChI is InChI=1S/C29H22F3O2S2/c1-28(2,20-14-16-21(17-15-20)35-29(30,31)32)34-27(33)19-8-7-9-22(18-19)36-25-12-5-3-10-23(25)24-11-4-6-13-26(24)36/h3-18H,1-2H3/q+1. The molecule has 2 nitrogen and oxygen atoms in total. The molecular weight excluding hydrogens is 501 g/mol. The van der Waals surface area contributed by atoms with Crippen LogP contribution >= 0.6 is 22.2 Å². The summed E-state index contributed by atoms with van der Waals surface area (Å²) in [6.07, 6.45) is 0. The van der Waals surface area contributed by atoms with Crippen molar-refractivity contribution in [2.75, 3.05) is 0 Å². The maximum Gasteiger partial charge on any atom is 0.446 e. The maximum atomic E-state index is 13.2. The van der Waals surface area contributed by atoms with E-state index in [0.717, 1.165) is 4.90 Å². The predicted octanol–water partition coefficient (Wildman–Crippen LogP) is 9.44. The molecule has 0 amide bonds. The molecule has 0 saturated carbocycles. The fraction of sp³-hybridized carbons (Fsp3) is 0.138. The van der Waals surface area contributed by atoms with Crippen LogP contribution in [-0.2, 0) is 10.3 Å². The molecule has 0 atom stereocenters. The average molecular weight is 524 g/mol. The van der Waals surface area contributed by atoms with Gasteiger partial charge in [-0.2, -0.15) is 13.2 Å². The van der Waals surface area contributed by atoms with E-state index >= 15 is 0 Å². The highest BCUT2D eigenvalue weighted by Gasteiger charge is 2.31. The molecule has 182 valence electrons. The number of carbonyl (C=O) groups excluding carboxylic acids is 1. The number of hydrogen-bond acceptors (Lipinski definition) is 3. The Morgan fingerprint density at radius 3 is 1.94 bits per heavy atom. The lowest BCUT2D eigenvalue weighted by Gasteiger charge is -2.26. The molecule has 1 aromatic heterocycles. The zero-order chi connectivity index (χ0) is 25.5. The van der Waals surface area contributed by atoms with Gasteiger partial charge in [0, 0.05) is 32.2 Å². The van der Waals surface area contributed by atoms with Gasteiger partial charge in [-0.05, 0) is 79.7 Å².